The number of hydrogen-bond donors (Lipinski definition) is 1. The number of thioether (sulfide) groups is 1. The van der Waals surface area contributed by atoms with Crippen LogP contribution in [0, 0.1) is 0 Å². The fourth-order valence-electron chi connectivity index (χ4n) is 4.30. The second-order valence-corrected chi connectivity index (χ2v) is 9.70. The summed E-state index contributed by atoms with van der Waals surface area (Å²) in [5.74, 6) is 4.97. The van der Waals surface area contributed by atoms with Gasteiger partial charge in [-0.25, -0.2) is 0 Å². The molecule has 7 nitrogen and oxygen atoms in total. The lowest BCUT2D eigenvalue weighted by Gasteiger charge is -2.44. The van der Waals surface area contributed by atoms with E-state index in [9.17, 15) is 0 Å². The number of thiophene rings is 1. The number of piperidine rings is 1. The van der Waals surface area contributed by atoms with Crippen LogP contribution in [0.15, 0.2) is 29.2 Å². The lowest BCUT2D eigenvalue weighted by atomic mass is 10.2. The van der Waals surface area contributed by atoms with Crippen molar-refractivity contribution in [2.24, 2.45) is 0 Å². The summed E-state index contributed by atoms with van der Waals surface area (Å²) < 4.78 is 5.67. The molecule has 0 unspecified atom stereocenters. The maximum absolute atomic E-state index is 5.67. The van der Waals surface area contributed by atoms with Crippen LogP contribution in [0.1, 0.15) is 19.3 Å². The molecule has 0 bridgehead atoms. The highest BCUT2D eigenvalue weighted by molar-refractivity contribution is 7.99. The molecule has 1 aromatic rings. The average Bonchev–Trinajstić information content (AvgIpc) is 3.43. The van der Waals surface area contributed by atoms with Crippen LogP contribution in [-0.2, 0) is 4.74 Å². The summed E-state index contributed by atoms with van der Waals surface area (Å²) in [6, 6.07) is 4.35. The number of rotatable bonds is 4. The molecule has 0 amide bonds. The highest BCUT2D eigenvalue weighted by Gasteiger charge is 2.41. The van der Waals surface area contributed by atoms with E-state index in [0.29, 0.717) is 0 Å². The third kappa shape index (κ3) is 3.65. The van der Waals surface area contributed by atoms with Gasteiger partial charge in [-0.2, -0.15) is 27.0 Å². The first-order chi connectivity index (χ1) is 13.9. The number of nitrogens with zero attached hydrogens (tertiary/aromatic N) is 5. The first-order valence-corrected chi connectivity index (χ1v) is 12.5. The highest BCUT2D eigenvalue weighted by Crippen LogP contribution is 2.35. The van der Waals surface area contributed by atoms with Crippen LogP contribution < -0.4 is 10.5 Å². The number of hydrazine groups is 3. The molecule has 3 fully saturated rings. The van der Waals surface area contributed by atoms with Gasteiger partial charge in [0.2, 0.25) is 0 Å². The summed E-state index contributed by atoms with van der Waals surface area (Å²) in [5.41, 5.74) is 3.80. The van der Waals surface area contributed by atoms with Crippen LogP contribution in [0.25, 0.3) is 0 Å². The third-order valence-electron chi connectivity index (χ3n) is 5.76. The van der Waals surface area contributed by atoms with Gasteiger partial charge in [0.05, 0.1) is 13.2 Å². The third-order valence-corrected chi connectivity index (χ3v) is 7.54. The van der Waals surface area contributed by atoms with Crippen LogP contribution in [-0.4, -0.2) is 83.9 Å². The summed E-state index contributed by atoms with van der Waals surface area (Å²) in [7, 11) is 0. The molecule has 0 saturated carbocycles. The molecule has 154 valence electrons. The molecule has 4 aliphatic heterocycles. The fraction of sp³-hybridized carbons (Fsp3) is 0.684. The van der Waals surface area contributed by atoms with Crippen molar-refractivity contribution in [2.45, 2.75) is 19.3 Å². The Balaban J connectivity index is 1.53. The SMILES string of the molecule is c1csc(N2NC(N3CCSCC3)=C(N3CCOCC3)N2N2CCCCC2)c1. The predicted octanol–water partition coefficient (Wildman–Crippen LogP) is 2.20. The molecule has 0 aromatic carbocycles. The van der Waals surface area contributed by atoms with E-state index in [0.717, 1.165) is 52.5 Å². The Hall–Kier alpha value is -1.29. The van der Waals surface area contributed by atoms with Crippen molar-refractivity contribution in [3.8, 4) is 0 Å². The van der Waals surface area contributed by atoms with Crippen molar-refractivity contribution in [3.63, 3.8) is 0 Å². The number of morpholine rings is 1. The van der Waals surface area contributed by atoms with Crippen molar-refractivity contribution in [1.29, 1.82) is 0 Å². The zero-order valence-corrected chi connectivity index (χ0v) is 18.0. The molecule has 0 spiro atoms. The second-order valence-electron chi connectivity index (χ2n) is 7.55. The van der Waals surface area contributed by atoms with Crippen molar-refractivity contribution < 1.29 is 4.74 Å². The molecule has 5 heterocycles. The molecule has 5 rings (SSSR count). The molecule has 1 aromatic heterocycles. The minimum Gasteiger partial charge on any atom is -0.378 e. The van der Waals surface area contributed by atoms with Crippen LogP contribution in [0.5, 0.6) is 0 Å². The van der Waals surface area contributed by atoms with Crippen molar-refractivity contribution in [1.82, 2.24) is 25.4 Å². The van der Waals surface area contributed by atoms with Gasteiger partial charge >= 0.3 is 0 Å². The molecular formula is C19H30N6OS2. The molecule has 3 saturated heterocycles. The molecule has 0 aliphatic carbocycles. The Morgan fingerprint density at radius 3 is 2.39 bits per heavy atom. The Morgan fingerprint density at radius 1 is 0.893 bits per heavy atom. The number of nitrogens with one attached hydrogen (secondary N) is 1. The van der Waals surface area contributed by atoms with Crippen molar-refractivity contribution >= 4 is 28.1 Å². The van der Waals surface area contributed by atoms with Gasteiger partial charge < -0.3 is 14.5 Å². The molecule has 9 heteroatoms. The Labute approximate surface area is 175 Å². The summed E-state index contributed by atoms with van der Waals surface area (Å²) in [5, 5.41) is 10.6. The van der Waals surface area contributed by atoms with Gasteiger partial charge in [-0.1, -0.05) is 6.42 Å². The molecule has 4 aliphatic rings. The van der Waals surface area contributed by atoms with Crippen molar-refractivity contribution in [2.75, 3.05) is 69.1 Å². The number of hydrogen-bond acceptors (Lipinski definition) is 9. The van der Waals surface area contributed by atoms with Gasteiger partial charge in [-0.15, -0.1) is 11.3 Å². The van der Waals surface area contributed by atoms with Crippen LogP contribution >= 0.6 is 23.1 Å². The van der Waals surface area contributed by atoms with E-state index < -0.39 is 0 Å². The zero-order valence-electron chi connectivity index (χ0n) is 16.4. The molecule has 0 atom stereocenters. The van der Waals surface area contributed by atoms with Gasteiger partial charge in [-0.3, -0.25) is 5.43 Å². The van der Waals surface area contributed by atoms with E-state index in [1.807, 2.05) is 0 Å². The zero-order chi connectivity index (χ0) is 18.8. The number of ether oxygens (including phenoxy) is 1. The van der Waals surface area contributed by atoms with Gasteiger partial charge in [0, 0.05) is 50.8 Å². The molecule has 28 heavy (non-hydrogen) atoms. The average molecular weight is 423 g/mol. The monoisotopic (exact) mass is 422 g/mol. The minimum atomic E-state index is 0.805. The van der Waals surface area contributed by atoms with E-state index in [1.165, 1.54) is 47.4 Å². The lowest BCUT2D eigenvalue weighted by molar-refractivity contribution is -0.0528. The van der Waals surface area contributed by atoms with Gasteiger partial charge in [-0.05, 0) is 30.4 Å². The van der Waals surface area contributed by atoms with Gasteiger partial charge in [0.1, 0.15) is 5.00 Å². The van der Waals surface area contributed by atoms with E-state index in [1.54, 1.807) is 11.3 Å². The van der Waals surface area contributed by atoms with E-state index in [-0.39, 0.29) is 0 Å². The first-order valence-electron chi connectivity index (χ1n) is 10.5. The largest absolute Gasteiger partial charge is 0.378 e. The van der Waals surface area contributed by atoms with E-state index >= 15 is 0 Å². The van der Waals surface area contributed by atoms with E-state index in [4.69, 9.17) is 4.74 Å². The van der Waals surface area contributed by atoms with Gasteiger partial charge in [0.15, 0.2) is 11.6 Å². The van der Waals surface area contributed by atoms with Gasteiger partial charge in [0.25, 0.3) is 0 Å². The molecule has 1 N–H and O–H groups in total. The Bertz CT molecular complexity index is 666. The molecule has 0 radical (unpaired) electrons. The maximum Gasteiger partial charge on any atom is 0.186 e. The number of anilines is 1. The highest BCUT2D eigenvalue weighted by atomic mass is 32.2. The Kier molecular flexibility index (Phi) is 5.75. The topological polar surface area (TPSA) is 37.5 Å². The van der Waals surface area contributed by atoms with Crippen LogP contribution in [0.4, 0.5) is 5.00 Å². The smallest absolute Gasteiger partial charge is 0.186 e. The predicted molar refractivity (Wildman–Crippen MR) is 116 cm³/mol. The fourth-order valence-corrected chi connectivity index (χ4v) is 5.88. The maximum atomic E-state index is 5.67. The molecular weight excluding hydrogens is 392 g/mol. The van der Waals surface area contributed by atoms with E-state index in [2.05, 4.69) is 59.7 Å². The first kappa shape index (κ1) is 18.7. The summed E-state index contributed by atoms with van der Waals surface area (Å²) >= 11 is 3.85. The standard InChI is InChI=1S/C19H30N6OS2/c1-2-6-23(7-3-1)25-19(22-8-12-26-13-9-22)18(21-10-15-27-16-11-21)20-24(25)17-5-4-14-28-17/h4-5,14,20H,1-3,6-13,15-16H2. The summed E-state index contributed by atoms with van der Waals surface area (Å²) in [6.45, 7) is 7.94. The van der Waals surface area contributed by atoms with Crippen LogP contribution in [0.2, 0.25) is 0 Å². The quantitative estimate of drug-likeness (QED) is 0.792. The van der Waals surface area contributed by atoms with Crippen LogP contribution in [0.3, 0.4) is 0 Å². The summed E-state index contributed by atoms with van der Waals surface area (Å²) in [6.07, 6.45) is 3.87. The second kappa shape index (κ2) is 8.61. The summed E-state index contributed by atoms with van der Waals surface area (Å²) in [4.78, 5) is 5.07. The normalized spacial score (nSPS) is 24.9. The Morgan fingerprint density at radius 2 is 1.68 bits per heavy atom. The minimum absolute atomic E-state index is 0.805. The lowest BCUT2D eigenvalue weighted by Crippen LogP contribution is -2.57. The van der Waals surface area contributed by atoms with Crippen molar-refractivity contribution in [3.05, 3.63) is 29.2 Å².